The summed E-state index contributed by atoms with van der Waals surface area (Å²) in [6, 6.07) is 20.1. The Bertz CT molecular complexity index is 859. The number of ether oxygens (including phenoxy) is 1. The van der Waals surface area contributed by atoms with Crippen molar-refractivity contribution >= 4 is 11.6 Å². The average Bonchev–Trinajstić information content (AvgIpc) is 2.73. The second-order valence-electron chi connectivity index (χ2n) is 6.48. The van der Waals surface area contributed by atoms with Gasteiger partial charge in [-0.3, -0.25) is 0 Å². The molecule has 3 aromatic rings. The molecule has 0 unspecified atom stereocenters. The lowest BCUT2D eigenvalue weighted by molar-refractivity contribution is 0.158. The standard InChI is InChI=1S/C22H23ClN2O3/c23-18-5-3-4-17(13-18)21(27)14-25-19(15-26)12-16-7-9-20(10-8-16)28-22-6-1-2-11-24-22/h1-11,13,19,21,25-27H,12,14-15H2/t19-,21+/m0/s1. The maximum Gasteiger partial charge on any atom is 0.219 e. The molecule has 1 heterocycles. The predicted octanol–water partition coefficient (Wildman–Crippen LogP) is 3.75. The number of aliphatic hydroxyl groups is 2. The second kappa shape index (κ2) is 10.2. The lowest BCUT2D eigenvalue weighted by Gasteiger charge is -2.19. The van der Waals surface area contributed by atoms with Gasteiger partial charge in [-0.15, -0.1) is 0 Å². The second-order valence-corrected chi connectivity index (χ2v) is 6.91. The van der Waals surface area contributed by atoms with Crippen molar-refractivity contribution in [1.82, 2.24) is 10.3 Å². The zero-order valence-corrected chi connectivity index (χ0v) is 16.1. The first-order valence-electron chi connectivity index (χ1n) is 9.09. The topological polar surface area (TPSA) is 74.6 Å². The molecule has 0 amide bonds. The van der Waals surface area contributed by atoms with E-state index in [-0.39, 0.29) is 12.6 Å². The summed E-state index contributed by atoms with van der Waals surface area (Å²) in [6.45, 7) is 0.293. The van der Waals surface area contributed by atoms with E-state index in [4.69, 9.17) is 16.3 Å². The fourth-order valence-corrected chi connectivity index (χ4v) is 3.02. The number of rotatable bonds is 9. The van der Waals surface area contributed by atoms with Crippen LogP contribution in [0.2, 0.25) is 5.02 Å². The summed E-state index contributed by atoms with van der Waals surface area (Å²) in [4.78, 5) is 4.13. The van der Waals surface area contributed by atoms with E-state index in [0.717, 1.165) is 11.1 Å². The molecule has 146 valence electrons. The quantitative estimate of drug-likeness (QED) is 0.511. The van der Waals surface area contributed by atoms with Crippen LogP contribution < -0.4 is 10.1 Å². The van der Waals surface area contributed by atoms with E-state index in [1.165, 1.54) is 0 Å². The SMILES string of the molecule is OC[C@H](Cc1ccc(Oc2ccccn2)cc1)NC[C@@H](O)c1cccc(Cl)c1. The van der Waals surface area contributed by atoms with Crippen LogP contribution >= 0.6 is 11.6 Å². The third kappa shape index (κ3) is 6.04. The van der Waals surface area contributed by atoms with Gasteiger partial charge in [0.2, 0.25) is 5.88 Å². The molecular formula is C22H23ClN2O3. The Hall–Kier alpha value is -2.44. The fourth-order valence-electron chi connectivity index (χ4n) is 2.82. The van der Waals surface area contributed by atoms with Gasteiger partial charge in [-0.05, 0) is 47.9 Å². The van der Waals surface area contributed by atoms with Gasteiger partial charge in [-0.1, -0.05) is 41.9 Å². The molecule has 0 aliphatic carbocycles. The van der Waals surface area contributed by atoms with Crippen molar-refractivity contribution in [3.8, 4) is 11.6 Å². The smallest absolute Gasteiger partial charge is 0.219 e. The van der Waals surface area contributed by atoms with Crippen molar-refractivity contribution in [3.05, 3.63) is 89.1 Å². The minimum absolute atomic E-state index is 0.0333. The van der Waals surface area contributed by atoms with Crippen molar-refractivity contribution in [1.29, 1.82) is 0 Å². The molecule has 3 N–H and O–H groups in total. The Morgan fingerprint density at radius 2 is 1.86 bits per heavy atom. The van der Waals surface area contributed by atoms with Gasteiger partial charge in [0.1, 0.15) is 5.75 Å². The van der Waals surface area contributed by atoms with Crippen LogP contribution in [0.25, 0.3) is 0 Å². The van der Waals surface area contributed by atoms with Gasteiger partial charge in [0.05, 0.1) is 12.7 Å². The van der Waals surface area contributed by atoms with Crippen LogP contribution in [-0.2, 0) is 6.42 Å². The third-order valence-corrected chi connectivity index (χ3v) is 4.55. The van der Waals surface area contributed by atoms with Crippen LogP contribution in [0.15, 0.2) is 72.9 Å². The Morgan fingerprint density at radius 3 is 2.54 bits per heavy atom. The summed E-state index contributed by atoms with van der Waals surface area (Å²) in [5, 5.41) is 23.8. The number of halogens is 1. The van der Waals surface area contributed by atoms with Crippen LogP contribution in [0.4, 0.5) is 0 Å². The third-order valence-electron chi connectivity index (χ3n) is 4.32. The summed E-state index contributed by atoms with van der Waals surface area (Å²) in [7, 11) is 0. The van der Waals surface area contributed by atoms with Crippen LogP contribution in [0.1, 0.15) is 17.2 Å². The van der Waals surface area contributed by atoms with Crippen molar-refractivity contribution in [3.63, 3.8) is 0 Å². The number of hydrogen-bond acceptors (Lipinski definition) is 5. The highest BCUT2D eigenvalue weighted by Crippen LogP contribution is 2.20. The molecule has 28 heavy (non-hydrogen) atoms. The first-order valence-corrected chi connectivity index (χ1v) is 9.47. The highest BCUT2D eigenvalue weighted by molar-refractivity contribution is 6.30. The Kier molecular flexibility index (Phi) is 7.39. The lowest BCUT2D eigenvalue weighted by atomic mass is 10.1. The summed E-state index contributed by atoms with van der Waals surface area (Å²) < 4.78 is 5.68. The minimum atomic E-state index is -0.693. The van der Waals surface area contributed by atoms with E-state index in [1.807, 2.05) is 42.5 Å². The maximum absolute atomic E-state index is 10.3. The van der Waals surface area contributed by atoms with Gasteiger partial charge >= 0.3 is 0 Å². The summed E-state index contributed by atoms with van der Waals surface area (Å²) in [5.41, 5.74) is 1.80. The molecule has 5 nitrogen and oxygen atoms in total. The zero-order valence-electron chi connectivity index (χ0n) is 15.3. The molecule has 6 heteroatoms. The van der Waals surface area contributed by atoms with Gasteiger partial charge in [0, 0.05) is 29.9 Å². The lowest BCUT2D eigenvalue weighted by Crippen LogP contribution is -2.37. The first-order chi connectivity index (χ1) is 13.6. The highest BCUT2D eigenvalue weighted by Gasteiger charge is 2.13. The monoisotopic (exact) mass is 398 g/mol. The van der Waals surface area contributed by atoms with Gasteiger partial charge in [-0.25, -0.2) is 4.98 Å². The van der Waals surface area contributed by atoms with Crippen LogP contribution in [0.3, 0.4) is 0 Å². The average molecular weight is 399 g/mol. The molecule has 2 atom stereocenters. The Balaban J connectivity index is 1.52. The summed E-state index contributed by atoms with van der Waals surface area (Å²) in [6.07, 6.45) is 1.61. The van der Waals surface area contributed by atoms with E-state index >= 15 is 0 Å². The van der Waals surface area contributed by atoms with Crippen molar-refractivity contribution in [2.75, 3.05) is 13.2 Å². The molecule has 0 fully saturated rings. The van der Waals surface area contributed by atoms with E-state index in [0.29, 0.717) is 29.6 Å². The number of hydrogen-bond donors (Lipinski definition) is 3. The minimum Gasteiger partial charge on any atom is -0.439 e. The van der Waals surface area contributed by atoms with Gasteiger partial charge in [0.25, 0.3) is 0 Å². The maximum atomic E-state index is 10.3. The summed E-state index contributed by atoms with van der Waals surface area (Å²) >= 11 is 5.96. The number of nitrogens with zero attached hydrogens (tertiary/aromatic N) is 1. The molecule has 0 saturated heterocycles. The van der Waals surface area contributed by atoms with E-state index in [2.05, 4.69) is 10.3 Å². The van der Waals surface area contributed by atoms with E-state index < -0.39 is 6.10 Å². The summed E-state index contributed by atoms with van der Waals surface area (Å²) in [5.74, 6) is 1.24. The molecule has 0 saturated carbocycles. The Labute approximate surface area is 169 Å². The van der Waals surface area contributed by atoms with E-state index in [1.54, 1.807) is 30.5 Å². The number of benzene rings is 2. The molecule has 0 aliphatic rings. The highest BCUT2D eigenvalue weighted by atomic mass is 35.5. The normalized spacial score (nSPS) is 13.1. The van der Waals surface area contributed by atoms with Gasteiger partial charge < -0.3 is 20.3 Å². The molecule has 1 aromatic heterocycles. The largest absolute Gasteiger partial charge is 0.439 e. The molecule has 0 bridgehead atoms. The number of aromatic nitrogens is 1. The molecule has 0 aliphatic heterocycles. The molecule has 0 radical (unpaired) electrons. The van der Waals surface area contributed by atoms with Gasteiger partial charge in [0.15, 0.2) is 0 Å². The predicted molar refractivity (Wildman–Crippen MR) is 110 cm³/mol. The molecule has 0 spiro atoms. The van der Waals surface area contributed by atoms with Crippen LogP contribution in [0.5, 0.6) is 11.6 Å². The van der Waals surface area contributed by atoms with Crippen molar-refractivity contribution < 1.29 is 14.9 Å². The van der Waals surface area contributed by atoms with Crippen LogP contribution in [0, 0.1) is 0 Å². The number of aliphatic hydroxyl groups excluding tert-OH is 2. The van der Waals surface area contributed by atoms with Crippen LogP contribution in [-0.4, -0.2) is 34.4 Å². The first kappa shape index (κ1) is 20.3. The molecule has 2 aromatic carbocycles. The number of nitrogens with one attached hydrogen (secondary N) is 1. The van der Waals surface area contributed by atoms with Gasteiger partial charge in [-0.2, -0.15) is 0 Å². The Morgan fingerprint density at radius 1 is 1.04 bits per heavy atom. The molecular weight excluding hydrogens is 376 g/mol. The van der Waals surface area contributed by atoms with Crippen molar-refractivity contribution in [2.24, 2.45) is 0 Å². The number of pyridine rings is 1. The van der Waals surface area contributed by atoms with Crippen molar-refractivity contribution in [2.45, 2.75) is 18.6 Å². The zero-order chi connectivity index (χ0) is 19.8. The molecule has 3 rings (SSSR count). The fraction of sp³-hybridized carbons (Fsp3) is 0.227. The van der Waals surface area contributed by atoms with E-state index in [9.17, 15) is 10.2 Å².